The molecule has 2 aliphatic rings. The van der Waals surface area contributed by atoms with Crippen molar-refractivity contribution in [3.8, 4) is 0 Å². The zero-order valence-corrected chi connectivity index (χ0v) is 11.5. The number of nitrogen functional groups attached to an aromatic ring is 1. The molecule has 1 saturated carbocycles. The molecule has 3 rings (SSSR count). The molecule has 104 valence electrons. The Balaban J connectivity index is 1.56. The van der Waals surface area contributed by atoms with Gasteiger partial charge in [0.1, 0.15) is 10.7 Å². The van der Waals surface area contributed by atoms with Crippen molar-refractivity contribution in [1.82, 2.24) is 10.3 Å². The molecule has 2 heterocycles. The average molecular weight is 282 g/mol. The van der Waals surface area contributed by atoms with Crippen LogP contribution < -0.4 is 16.4 Å². The normalized spacial score (nSPS) is 22.4. The molecule has 2 fully saturated rings. The molecular weight excluding hydrogens is 264 g/mol. The van der Waals surface area contributed by atoms with E-state index in [2.05, 4.69) is 15.6 Å². The van der Waals surface area contributed by atoms with E-state index in [4.69, 9.17) is 10.5 Å². The van der Waals surface area contributed by atoms with Gasteiger partial charge in [0.25, 0.3) is 5.91 Å². The van der Waals surface area contributed by atoms with Crippen LogP contribution in [0.1, 0.15) is 28.9 Å². The summed E-state index contributed by atoms with van der Waals surface area (Å²) < 4.78 is 5.28. The van der Waals surface area contributed by atoms with E-state index in [1.165, 1.54) is 24.2 Å². The highest BCUT2D eigenvalue weighted by atomic mass is 32.1. The van der Waals surface area contributed by atoms with Crippen molar-refractivity contribution in [2.75, 3.05) is 30.8 Å². The van der Waals surface area contributed by atoms with Crippen molar-refractivity contribution in [3.05, 3.63) is 4.88 Å². The Hall–Kier alpha value is -1.34. The summed E-state index contributed by atoms with van der Waals surface area (Å²) >= 11 is 1.33. The third-order valence-corrected chi connectivity index (χ3v) is 4.34. The number of thiazole rings is 1. The summed E-state index contributed by atoms with van der Waals surface area (Å²) in [4.78, 5) is 16.7. The summed E-state index contributed by atoms with van der Waals surface area (Å²) in [7, 11) is 0. The highest BCUT2D eigenvalue weighted by Gasteiger charge is 2.24. The van der Waals surface area contributed by atoms with Crippen molar-refractivity contribution in [3.63, 3.8) is 0 Å². The van der Waals surface area contributed by atoms with Crippen molar-refractivity contribution in [2.24, 2.45) is 5.92 Å². The lowest BCUT2D eigenvalue weighted by Crippen LogP contribution is -2.29. The fourth-order valence-corrected chi connectivity index (χ4v) is 2.90. The number of nitrogens with two attached hydrogens (primary N) is 1. The van der Waals surface area contributed by atoms with Crippen molar-refractivity contribution >= 4 is 28.2 Å². The minimum Gasteiger partial charge on any atom is -0.382 e. The molecule has 0 aromatic carbocycles. The number of carbonyl (C=O) groups excluding carboxylic acids is 1. The van der Waals surface area contributed by atoms with Gasteiger partial charge in [0, 0.05) is 25.1 Å². The topological polar surface area (TPSA) is 89.3 Å². The first kappa shape index (κ1) is 12.7. The Morgan fingerprint density at radius 1 is 1.47 bits per heavy atom. The van der Waals surface area contributed by atoms with E-state index in [9.17, 15) is 4.79 Å². The van der Waals surface area contributed by atoms with Gasteiger partial charge in [-0.1, -0.05) is 11.3 Å². The maximum atomic E-state index is 12.0. The molecule has 0 radical (unpaired) electrons. The zero-order chi connectivity index (χ0) is 13.2. The van der Waals surface area contributed by atoms with Gasteiger partial charge in [-0.15, -0.1) is 0 Å². The number of nitrogens with one attached hydrogen (secondary N) is 2. The summed E-state index contributed by atoms with van der Waals surface area (Å²) in [5.41, 5.74) is 5.80. The molecule has 1 atom stereocenters. The Kier molecular flexibility index (Phi) is 3.56. The number of carbonyl (C=O) groups is 1. The quantitative estimate of drug-likeness (QED) is 0.751. The molecule has 1 aromatic rings. The van der Waals surface area contributed by atoms with Crippen LogP contribution in [0.15, 0.2) is 0 Å². The van der Waals surface area contributed by atoms with E-state index in [1.54, 1.807) is 0 Å². The third-order valence-electron chi connectivity index (χ3n) is 3.34. The minimum atomic E-state index is -0.134. The summed E-state index contributed by atoms with van der Waals surface area (Å²) in [5, 5.41) is 6.91. The lowest BCUT2D eigenvalue weighted by atomic mass is 10.1. The standard InChI is InChI=1S/C12H18N4O2S/c13-10-9(19-12(16-10)15-8-1-2-8)11(17)14-5-7-3-4-18-6-7/h7-8H,1-6,13H2,(H,14,17)(H,15,16). The van der Waals surface area contributed by atoms with Gasteiger partial charge in [0.15, 0.2) is 5.13 Å². The highest BCUT2D eigenvalue weighted by Crippen LogP contribution is 2.30. The molecule has 7 heteroatoms. The lowest BCUT2D eigenvalue weighted by Gasteiger charge is -2.08. The molecule has 1 amide bonds. The largest absolute Gasteiger partial charge is 0.382 e. The number of aromatic nitrogens is 1. The fourth-order valence-electron chi connectivity index (χ4n) is 2.02. The summed E-state index contributed by atoms with van der Waals surface area (Å²) in [6.07, 6.45) is 3.35. The van der Waals surface area contributed by atoms with E-state index in [0.29, 0.717) is 29.2 Å². The van der Waals surface area contributed by atoms with Crippen LogP contribution in [0.4, 0.5) is 10.9 Å². The second kappa shape index (κ2) is 5.34. The van der Waals surface area contributed by atoms with Crippen LogP contribution in [0.25, 0.3) is 0 Å². The van der Waals surface area contributed by atoms with Crippen LogP contribution in [0.2, 0.25) is 0 Å². The number of hydrogen-bond acceptors (Lipinski definition) is 6. The van der Waals surface area contributed by atoms with Crippen LogP contribution in [0.5, 0.6) is 0 Å². The summed E-state index contributed by atoms with van der Waals surface area (Å²) in [6.45, 7) is 2.16. The lowest BCUT2D eigenvalue weighted by molar-refractivity contribution is 0.0949. The van der Waals surface area contributed by atoms with Gasteiger partial charge in [-0.3, -0.25) is 4.79 Å². The van der Waals surface area contributed by atoms with Gasteiger partial charge in [0.05, 0.1) is 6.61 Å². The molecule has 0 spiro atoms. The van der Waals surface area contributed by atoms with Crippen LogP contribution >= 0.6 is 11.3 Å². The number of hydrogen-bond donors (Lipinski definition) is 3. The molecule has 4 N–H and O–H groups in total. The minimum absolute atomic E-state index is 0.134. The average Bonchev–Trinajstić information content (AvgIpc) is 2.90. The van der Waals surface area contributed by atoms with E-state index < -0.39 is 0 Å². The zero-order valence-electron chi connectivity index (χ0n) is 10.6. The summed E-state index contributed by atoms with van der Waals surface area (Å²) in [6, 6.07) is 0.511. The third kappa shape index (κ3) is 3.16. The van der Waals surface area contributed by atoms with Crippen molar-refractivity contribution in [2.45, 2.75) is 25.3 Å². The van der Waals surface area contributed by atoms with E-state index >= 15 is 0 Å². The smallest absolute Gasteiger partial charge is 0.265 e. The first-order chi connectivity index (χ1) is 9.22. The monoisotopic (exact) mass is 282 g/mol. The van der Waals surface area contributed by atoms with Crippen LogP contribution in [0, 0.1) is 5.92 Å². The molecule has 1 aliphatic heterocycles. The first-order valence-electron chi connectivity index (χ1n) is 6.61. The Bertz CT molecular complexity index is 466. The Labute approximate surface area is 115 Å². The predicted octanol–water partition coefficient (Wildman–Crippen LogP) is 1.07. The van der Waals surface area contributed by atoms with Crippen LogP contribution in [0.3, 0.4) is 0 Å². The number of amides is 1. The van der Waals surface area contributed by atoms with E-state index in [0.717, 1.165) is 24.8 Å². The Morgan fingerprint density at radius 2 is 2.32 bits per heavy atom. The van der Waals surface area contributed by atoms with Crippen molar-refractivity contribution in [1.29, 1.82) is 0 Å². The van der Waals surface area contributed by atoms with E-state index in [1.807, 2.05) is 0 Å². The second-order valence-corrected chi connectivity index (χ2v) is 6.09. The maximum Gasteiger partial charge on any atom is 0.265 e. The van der Waals surface area contributed by atoms with Crippen LogP contribution in [-0.4, -0.2) is 36.7 Å². The Morgan fingerprint density at radius 3 is 3.00 bits per heavy atom. The molecule has 6 nitrogen and oxygen atoms in total. The molecule has 1 aromatic heterocycles. The predicted molar refractivity (Wildman–Crippen MR) is 74.4 cm³/mol. The highest BCUT2D eigenvalue weighted by molar-refractivity contribution is 7.18. The molecule has 1 saturated heterocycles. The van der Waals surface area contributed by atoms with Gasteiger partial charge in [-0.2, -0.15) is 0 Å². The molecule has 0 bridgehead atoms. The first-order valence-corrected chi connectivity index (χ1v) is 7.43. The number of rotatable bonds is 5. The van der Waals surface area contributed by atoms with Gasteiger partial charge in [-0.05, 0) is 19.3 Å². The van der Waals surface area contributed by atoms with Gasteiger partial charge in [0.2, 0.25) is 0 Å². The maximum absolute atomic E-state index is 12.0. The number of ether oxygens (including phenoxy) is 1. The second-order valence-electron chi connectivity index (χ2n) is 5.09. The molecular formula is C12H18N4O2S. The van der Waals surface area contributed by atoms with E-state index in [-0.39, 0.29) is 5.91 Å². The molecule has 19 heavy (non-hydrogen) atoms. The SMILES string of the molecule is Nc1nc(NC2CC2)sc1C(=O)NCC1CCOC1. The van der Waals surface area contributed by atoms with Gasteiger partial charge < -0.3 is 21.1 Å². The van der Waals surface area contributed by atoms with Crippen LogP contribution in [-0.2, 0) is 4.74 Å². The fraction of sp³-hybridized carbons (Fsp3) is 0.667. The molecule has 1 unspecified atom stereocenters. The van der Waals surface area contributed by atoms with Gasteiger partial charge >= 0.3 is 0 Å². The van der Waals surface area contributed by atoms with Gasteiger partial charge in [-0.25, -0.2) is 4.98 Å². The molecule has 1 aliphatic carbocycles. The number of anilines is 2. The summed E-state index contributed by atoms with van der Waals surface area (Å²) in [5.74, 6) is 0.598. The number of nitrogens with zero attached hydrogens (tertiary/aromatic N) is 1. The van der Waals surface area contributed by atoms with Crippen molar-refractivity contribution < 1.29 is 9.53 Å².